The molecule has 0 aromatic carbocycles. The van der Waals surface area contributed by atoms with Crippen molar-refractivity contribution in [2.24, 2.45) is 40.9 Å². The van der Waals surface area contributed by atoms with Crippen LogP contribution in [0.25, 0.3) is 0 Å². The number of aryl methyl sites for hydroxylation is 1. The number of tetrazole rings is 1. The van der Waals surface area contributed by atoms with E-state index in [9.17, 15) is 9.90 Å². The van der Waals surface area contributed by atoms with Crippen molar-refractivity contribution in [2.75, 3.05) is 13.2 Å². The second-order valence-corrected chi connectivity index (χ2v) is 11.6. The fraction of sp³-hybridized carbons (Fsp3) is 0.920. The summed E-state index contributed by atoms with van der Waals surface area (Å²) in [5, 5.41) is 22.7. The summed E-state index contributed by atoms with van der Waals surface area (Å²) >= 11 is 0. The number of nitrogens with zero attached hydrogens (tertiary/aromatic N) is 4. The maximum atomic E-state index is 13.3. The quantitative estimate of drug-likeness (QED) is 0.721. The summed E-state index contributed by atoms with van der Waals surface area (Å²) in [6, 6.07) is 0. The Balaban J connectivity index is 1.27. The van der Waals surface area contributed by atoms with E-state index in [4.69, 9.17) is 4.74 Å². The Bertz CT molecular complexity index is 843. The Hall–Kier alpha value is -1.34. The van der Waals surface area contributed by atoms with Crippen molar-refractivity contribution in [1.82, 2.24) is 20.2 Å². The second-order valence-electron chi connectivity index (χ2n) is 11.6. The Labute approximate surface area is 191 Å². The van der Waals surface area contributed by atoms with Crippen LogP contribution < -0.4 is 0 Å². The third kappa shape index (κ3) is 3.73. The summed E-state index contributed by atoms with van der Waals surface area (Å²) in [5.74, 6) is 4.74. The van der Waals surface area contributed by atoms with E-state index in [1.807, 2.05) is 13.8 Å². The highest BCUT2D eigenvalue weighted by atomic mass is 16.5. The fourth-order valence-corrected chi connectivity index (χ4v) is 8.57. The maximum absolute atomic E-state index is 13.3. The van der Waals surface area contributed by atoms with Gasteiger partial charge < -0.3 is 9.84 Å². The number of rotatable bonds is 6. The molecular formula is C25H40N4O3. The number of hydrogen-bond donors (Lipinski definition) is 1. The van der Waals surface area contributed by atoms with Gasteiger partial charge in [-0.2, -0.15) is 0 Å². The minimum atomic E-state index is -0.619. The molecule has 1 unspecified atom stereocenters. The van der Waals surface area contributed by atoms with Crippen molar-refractivity contribution >= 4 is 5.78 Å². The van der Waals surface area contributed by atoms with Crippen molar-refractivity contribution in [3.8, 4) is 0 Å². The van der Waals surface area contributed by atoms with Crippen LogP contribution in [0.15, 0.2) is 0 Å². The zero-order valence-corrected chi connectivity index (χ0v) is 20.0. The van der Waals surface area contributed by atoms with E-state index in [0.29, 0.717) is 43.2 Å². The molecule has 1 heterocycles. The van der Waals surface area contributed by atoms with E-state index in [0.717, 1.165) is 49.9 Å². The molecule has 0 aliphatic heterocycles. The molecule has 0 saturated heterocycles. The predicted molar refractivity (Wildman–Crippen MR) is 120 cm³/mol. The molecule has 0 amide bonds. The van der Waals surface area contributed by atoms with Gasteiger partial charge in [-0.3, -0.25) is 4.79 Å². The lowest BCUT2D eigenvalue weighted by atomic mass is 9.49. The zero-order chi connectivity index (χ0) is 22.5. The minimum Gasteiger partial charge on any atom is -0.387 e. The maximum Gasteiger partial charge on any atom is 0.158 e. The molecule has 4 aliphatic rings. The SMILES string of the molecule is CCOC[C@@]1(O)CC[C@H]2[C@H](CCC3[C@@H]2CC[C@]2(C)[C@@H](C(=O)Cn4nnnc4C)CC[C@@H]32)C1. The first-order valence-corrected chi connectivity index (χ1v) is 12.9. The molecule has 32 heavy (non-hydrogen) atoms. The summed E-state index contributed by atoms with van der Waals surface area (Å²) in [4.78, 5) is 13.3. The first kappa shape index (κ1) is 22.5. The first-order chi connectivity index (χ1) is 15.3. The highest BCUT2D eigenvalue weighted by Crippen LogP contribution is 2.64. The Morgan fingerprint density at radius 3 is 2.69 bits per heavy atom. The second kappa shape index (κ2) is 8.46. The lowest BCUT2D eigenvalue weighted by Gasteiger charge is -2.57. The van der Waals surface area contributed by atoms with E-state index in [-0.39, 0.29) is 11.3 Å². The number of hydrogen-bond acceptors (Lipinski definition) is 6. The monoisotopic (exact) mass is 444 g/mol. The van der Waals surface area contributed by atoms with Crippen LogP contribution in [0, 0.1) is 47.8 Å². The van der Waals surface area contributed by atoms with Crippen molar-refractivity contribution in [3.05, 3.63) is 5.82 Å². The normalized spacial score (nSPS) is 43.4. The number of ketones is 1. The molecule has 0 bridgehead atoms. The predicted octanol–water partition coefficient (Wildman–Crippen LogP) is 3.59. The third-order valence-electron chi connectivity index (χ3n) is 10.1. The molecular weight excluding hydrogens is 404 g/mol. The molecule has 0 radical (unpaired) electrons. The van der Waals surface area contributed by atoms with Gasteiger partial charge in [0.15, 0.2) is 5.78 Å². The van der Waals surface area contributed by atoms with Crippen LogP contribution >= 0.6 is 0 Å². The molecule has 4 fully saturated rings. The van der Waals surface area contributed by atoms with E-state index >= 15 is 0 Å². The Morgan fingerprint density at radius 1 is 1.12 bits per heavy atom. The lowest BCUT2D eigenvalue weighted by Crippen LogP contribution is -2.52. The number of aliphatic hydroxyl groups is 1. The first-order valence-electron chi connectivity index (χ1n) is 12.9. The molecule has 1 aromatic heterocycles. The molecule has 1 N–H and O–H groups in total. The van der Waals surface area contributed by atoms with Crippen LogP contribution in [0.5, 0.6) is 0 Å². The van der Waals surface area contributed by atoms with Gasteiger partial charge in [-0.15, -0.1) is 5.10 Å². The summed E-state index contributed by atoms with van der Waals surface area (Å²) in [7, 11) is 0. The Morgan fingerprint density at radius 2 is 1.94 bits per heavy atom. The summed E-state index contributed by atoms with van der Waals surface area (Å²) in [5.41, 5.74) is -0.496. The van der Waals surface area contributed by atoms with Gasteiger partial charge in [-0.05, 0) is 117 Å². The van der Waals surface area contributed by atoms with Crippen molar-refractivity contribution in [2.45, 2.75) is 90.7 Å². The van der Waals surface area contributed by atoms with E-state index in [2.05, 4.69) is 22.4 Å². The van der Waals surface area contributed by atoms with Gasteiger partial charge in [-0.1, -0.05) is 6.92 Å². The van der Waals surface area contributed by atoms with Gasteiger partial charge in [0.05, 0.1) is 12.2 Å². The van der Waals surface area contributed by atoms with E-state index in [1.165, 1.54) is 25.7 Å². The van der Waals surface area contributed by atoms with Crippen LogP contribution in [-0.4, -0.2) is 49.9 Å². The number of aromatic nitrogens is 4. The molecule has 4 aliphatic carbocycles. The van der Waals surface area contributed by atoms with Crippen LogP contribution in [0.1, 0.15) is 77.5 Å². The average Bonchev–Trinajstić information content (AvgIpc) is 3.34. The molecule has 0 spiro atoms. The Kier molecular flexibility index (Phi) is 5.94. The van der Waals surface area contributed by atoms with Gasteiger partial charge in [-0.25, -0.2) is 4.68 Å². The molecule has 4 saturated carbocycles. The topological polar surface area (TPSA) is 90.1 Å². The molecule has 178 valence electrons. The number of carbonyl (C=O) groups is 1. The van der Waals surface area contributed by atoms with Crippen molar-refractivity contribution < 1.29 is 14.6 Å². The molecule has 7 nitrogen and oxygen atoms in total. The highest BCUT2D eigenvalue weighted by molar-refractivity contribution is 5.82. The van der Waals surface area contributed by atoms with E-state index < -0.39 is 5.60 Å². The number of carbonyl (C=O) groups excluding carboxylic acids is 1. The van der Waals surface area contributed by atoms with Gasteiger partial charge in [0.1, 0.15) is 12.4 Å². The fourth-order valence-electron chi connectivity index (χ4n) is 8.57. The summed E-state index contributed by atoms with van der Waals surface area (Å²) < 4.78 is 7.27. The highest BCUT2D eigenvalue weighted by Gasteiger charge is 2.59. The zero-order valence-electron chi connectivity index (χ0n) is 20.0. The largest absolute Gasteiger partial charge is 0.387 e. The standard InChI is InChI=1S/C25H40N4O3/c1-4-32-15-25(31)12-10-18-17(13-25)5-6-20-19(18)9-11-24(3)21(20)7-8-22(24)23(30)14-29-16(2)26-27-28-29/h17-22,31H,4-15H2,1-3H3/t17-,18+,19-,20?,21+,22-,24+,25-/m1/s1. The van der Waals surface area contributed by atoms with Crippen LogP contribution in [0.4, 0.5) is 0 Å². The van der Waals surface area contributed by atoms with Crippen molar-refractivity contribution in [3.63, 3.8) is 0 Å². The molecule has 1 aromatic rings. The van der Waals surface area contributed by atoms with Crippen LogP contribution in [0.3, 0.4) is 0 Å². The smallest absolute Gasteiger partial charge is 0.158 e. The lowest BCUT2D eigenvalue weighted by molar-refractivity contribution is -0.138. The third-order valence-corrected chi connectivity index (χ3v) is 10.1. The van der Waals surface area contributed by atoms with Gasteiger partial charge in [0.2, 0.25) is 0 Å². The number of fused-ring (bicyclic) bond motifs is 5. The van der Waals surface area contributed by atoms with E-state index in [1.54, 1.807) is 4.68 Å². The minimum absolute atomic E-state index is 0.122. The van der Waals surface area contributed by atoms with Crippen LogP contribution in [-0.2, 0) is 16.1 Å². The molecule has 7 heteroatoms. The molecule has 5 rings (SSSR count). The summed E-state index contributed by atoms with van der Waals surface area (Å²) in [6.07, 6.45) is 10.0. The van der Waals surface area contributed by atoms with Gasteiger partial charge >= 0.3 is 0 Å². The summed E-state index contributed by atoms with van der Waals surface area (Å²) in [6.45, 7) is 7.74. The number of ether oxygens (including phenoxy) is 1. The average molecular weight is 445 g/mol. The van der Waals surface area contributed by atoms with Crippen LogP contribution in [0.2, 0.25) is 0 Å². The molecule has 8 atom stereocenters. The van der Waals surface area contributed by atoms with Crippen molar-refractivity contribution in [1.29, 1.82) is 0 Å². The van der Waals surface area contributed by atoms with Gasteiger partial charge in [0, 0.05) is 12.5 Å². The number of Topliss-reactive ketones (excluding diaryl/α,β-unsaturated/α-hetero) is 1. The van der Waals surface area contributed by atoms with Gasteiger partial charge in [0.25, 0.3) is 0 Å².